The molecule has 0 aromatic carbocycles. The first kappa shape index (κ1) is 29.1. The topological polar surface area (TPSA) is 26.3 Å². The Morgan fingerprint density at radius 1 is 0.833 bits per heavy atom. The van der Waals surface area contributed by atoms with Crippen molar-refractivity contribution in [3.8, 4) is 0 Å². The smallest absolute Gasteiger partial charge is 0.191 e. The fraction of sp³-hybridized carbons (Fsp3) is 0.741. The van der Waals surface area contributed by atoms with Crippen molar-refractivity contribution in [1.82, 2.24) is 0 Å². The first-order valence-corrected chi connectivity index (χ1v) is 14.8. The minimum atomic E-state index is -1.73. The molecule has 0 aliphatic carbocycles. The SMILES string of the molecule is CC(C)=CCC/C(C)=C/CC/C(C)=C/CC[C@@H](CCC=O)CO[Si](C)(C)C(C)(C)C. The summed E-state index contributed by atoms with van der Waals surface area (Å²) in [6, 6.07) is 0. The number of allylic oxidation sites excluding steroid dienone is 6. The Balaban J connectivity index is 4.47. The van der Waals surface area contributed by atoms with E-state index in [0.717, 1.165) is 51.4 Å². The molecule has 0 bridgehead atoms. The molecule has 0 aliphatic heterocycles. The van der Waals surface area contributed by atoms with Crippen molar-refractivity contribution in [2.24, 2.45) is 5.92 Å². The molecular formula is C27H50O2Si. The molecule has 0 unspecified atom stereocenters. The molecule has 0 fully saturated rings. The van der Waals surface area contributed by atoms with Crippen molar-refractivity contribution < 1.29 is 9.22 Å². The number of hydrogen-bond donors (Lipinski definition) is 0. The van der Waals surface area contributed by atoms with Crippen LogP contribution >= 0.6 is 0 Å². The van der Waals surface area contributed by atoms with Gasteiger partial charge in [-0.1, -0.05) is 55.7 Å². The van der Waals surface area contributed by atoms with Crippen LogP contribution in [0.15, 0.2) is 34.9 Å². The Hall–Kier alpha value is -0.933. The molecule has 1 atom stereocenters. The lowest BCUT2D eigenvalue weighted by molar-refractivity contribution is -0.108. The lowest BCUT2D eigenvalue weighted by atomic mass is 9.97. The average molecular weight is 435 g/mol. The molecule has 0 radical (unpaired) electrons. The Morgan fingerprint density at radius 2 is 1.33 bits per heavy atom. The first-order chi connectivity index (χ1) is 13.9. The van der Waals surface area contributed by atoms with E-state index in [2.05, 4.69) is 79.8 Å². The third-order valence-electron chi connectivity index (χ3n) is 6.37. The van der Waals surface area contributed by atoms with Crippen LogP contribution in [-0.2, 0) is 9.22 Å². The summed E-state index contributed by atoms with van der Waals surface area (Å²) in [5, 5.41) is 0.232. The molecule has 0 saturated carbocycles. The summed E-state index contributed by atoms with van der Waals surface area (Å²) < 4.78 is 6.44. The Labute approximate surface area is 189 Å². The number of rotatable bonds is 15. The summed E-state index contributed by atoms with van der Waals surface area (Å²) in [6.45, 7) is 21.1. The van der Waals surface area contributed by atoms with Crippen molar-refractivity contribution in [2.75, 3.05) is 6.61 Å². The Kier molecular flexibility index (Phi) is 14.5. The molecule has 0 aromatic rings. The minimum Gasteiger partial charge on any atom is -0.417 e. The molecule has 3 heteroatoms. The van der Waals surface area contributed by atoms with Crippen molar-refractivity contribution in [2.45, 2.75) is 118 Å². The van der Waals surface area contributed by atoms with E-state index < -0.39 is 8.32 Å². The summed E-state index contributed by atoms with van der Waals surface area (Å²) in [4.78, 5) is 10.9. The molecule has 2 nitrogen and oxygen atoms in total. The van der Waals surface area contributed by atoms with E-state index in [9.17, 15) is 4.79 Å². The van der Waals surface area contributed by atoms with Crippen molar-refractivity contribution >= 4 is 14.6 Å². The monoisotopic (exact) mass is 434 g/mol. The van der Waals surface area contributed by atoms with Crippen LogP contribution in [0.5, 0.6) is 0 Å². The van der Waals surface area contributed by atoms with Gasteiger partial charge in [0.1, 0.15) is 6.29 Å². The third kappa shape index (κ3) is 14.1. The second kappa shape index (κ2) is 15.0. The summed E-state index contributed by atoms with van der Waals surface area (Å²) >= 11 is 0. The summed E-state index contributed by atoms with van der Waals surface area (Å²) in [5.41, 5.74) is 4.38. The molecular weight excluding hydrogens is 384 g/mol. The van der Waals surface area contributed by atoms with Gasteiger partial charge in [-0.05, 0) is 96.7 Å². The molecule has 174 valence electrons. The van der Waals surface area contributed by atoms with Gasteiger partial charge in [0, 0.05) is 13.0 Å². The van der Waals surface area contributed by atoms with Crippen LogP contribution in [-0.4, -0.2) is 21.2 Å². The van der Waals surface area contributed by atoms with Crippen LogP contribution < -0.4 is 0 Å². The maximum Gasteiger partial charge on any atom is 0.191 e. The molecule has 30 heavy (non-hydrogen) atoms. The highest BCUT2D eigenvalue weighted by atomic mass is 28.4. The van der Waals surface area contributed by atoms with Crippen LogP contribution in [0, 0.1) is 5.92 Å². The second-order valence-corrected chi connectivity index (χ2v) is 15.5. The normalized spacial score (nSPS) is 14.6. The largest absolute Gasteiger partial charge is 0.417 e. The van der Waals surface area contributed by atoms with Crippen LogP contribution in [0.1, 0.15) is 99.8 Å². The highest BCUT2D eigenvalue weighted by Gasteiger charge is 2.37. The summed E-state index contributed by atoms with van der Waals surface area (Å²) in [6.07, 6.45) is 16.5. The molecule has 0 saturated heterocycles. The van der Waals surface area contributed by atoms with Gasteiger partial charge in [-0.15, -0.1) is 0 Å². The second-order valence-electron chi connectivity index (χ2n) is 10.7. The molecule has 0 rings (SSSR count). The highest BCUT2D eigenvalue weighted by molar-refractivity contribution is 6.74. The molecule has 0 spiro atoms. The average Bonchev–Trinajstić information content (AvgIpc) is 2.62. The van der Waals surface area contributed by atoms with Gasteiger partial charge >= 0.3 is 0 Å². The standard InChI is InChI=1S/C27H50O2Si/c1-23(2)14-10-15-24(3)16-11-17-25(4)18-12-19-26(20-13-21-28)22-29-30(8,9)27(5,6)7/h14,16,18,21,26H,10-13,15,17,19-20,22H2,1-9H3/b24-16+,25-18+/t26-/m0/s1. The molecule has 0 aromatic heterocycles. The van der Waals surface area contributed by atoms with Gasteiger partial charge in [0.2, 0.25) is 0 Å². The van der Waals surface area contributed by atoms with Gasteiger partial charge in [0.15, 0.2) is 8.32 Å². The minimum absolute atomic E-state index is 0.232. The summed E-state index contributed by atoms with van der Waals surface area (Å²) in [7, 11) is -1.73. The van der Waals surface area contributed by atoms with Gasteiger partial charge in [-0.25, -0.2) is 0 Å². The number of carbonyl (C=O) groups is 1. The first-order valence-electron chi connectivity index (χ1n) is 11.9. The van der Waals surface area contributed by atoms with E-state index in [1.807, 2.05) is 0 Å². The van der Waals surface area contributed by atoms with Crippen molar-refractivity contribution in [3.63, 3.8) is 0 Å². The zero-order valence-corrected chi connectivity index (χ0v) is 22.6. The molecule has 0 heterocycles. The van der Waals surface area contributed by atoms with Gasteiger partial charge < -0.3 is 9.22 Å². The maximum atomic E-state index is 10.9. The molecule has 0 N–H and O–H groups in total. The van der Waals surface area contributed by atoms with Crippen LogP contribution in [0.25, 0.3) is 0 Å². The predicted octanol–water partition coefficient (Wildman–Crippen LogP) is 8.80. The number of aldehydes is 1. The van der Waals surface area contributed by atoms with E-state index in [0.29, 0.717) is 12.3 Å². The van der Waals surface area contributed by atoms with Crippen LogP contribution in [0.2, 0.25) is 18.1 Å². The van der Waals surface area contributed by atoms with Gasteiger partial charge in [-0.2, -0.15) is 0 Å². The van der Waals surface area contributed by atoms with E-state index in [1.54, 1.807) is 0 Å². The predicted molar refractivity (Wildman–Crippen MR) is 137 cm³/mol. The number of hydrogen-bond acceptors (Lipinski definition) is 2. The maximum absolute atomic E-state index is 10.9. The zero-order chi connectivity index (χ0) is 23.2. The Bertz CT molecular complexity index is 572. The molecule has 0 amide bonds. The van der Waals surface area contributed by atoms with E-state index >= 15 is 0 Å². The fourth-order valence-corrected chi connectivity index (χ4v) is 4.15. The fourth-order valence-electron chi connectivity index (χ4n) is 3.06. The molecule has 0 aliphatic rings. The quantitative estimate of drug-likeness (QED) is 0.146. The zero-order valence-electron chi connectivity index (χ0n) is 21.6. The van der Waals surface area contributed by atoms with E-state index in [1.165, 1.54) is 23.1 Å². The lowest BCUT2D eigenvalue weighted by Gasteiger charge is -2.37. The third-order valence-corrected chi connectivity index (χ3v) is 10.9. The van der Waals surface area contributed by atoms with Gasteiger partial charge in [0.05, 0.1) is 0 Å². The number of carbonyl (C=O) groups excluding carboxylic acids is 1. The van der Waals surface area contributed by atoms with Gasteiger partial charge in [0.25, 0.3) is 0 Å². The highest BCUT2D eigenvalue weighted by Crippen LogP contribution is 2.37. The van der Waals surface area contributed by atoms with Crippen molar-refractivity contribution in [3.05, 3.63) is 34.9 Å². The van der Waals surface area contributed by atoms with E-state index in [-0.39, 0.29) is 5.04 Å². The van der Waals surface area contributed by atoms with E-state index in [4.69, 9.17) is 4.43 Å². The van der Waals surface area contributed by atoms with Crippen LogP contribution in [0.3, 0.4) is 0 Å². The van der Waals surface area contributed by atoms with Crippen molar-refractivity contribution in [1.29, 1.82) is 0 Å². The lowest BCUT2D eigenvalue weighted by Crippen LogP contribution is -2.42. The Morgan fingerprint density at radius 3 is 1.83 bits per heavy atom. The summed E-state index contributed by atoms with van der Waals surface area (Å²) in [5.74, 6) is 0.477. The van der Waals surface area contributed by atoms with Gasteiger partial charge in [-0.3, -0.25) is 0 Å². The van der Waals surface area contributed by atoms with Crippen LogP contribution in [0.4, 0.5) is 0 Å².